The maximum atomic E-state index is 5.29. The number of hydrazine groups is 1. The molecular formula is C9H17N5S2. The summed E-state index contributed by atoms with van der Waals surface area (Å²) in [5, 5.41) is 10.5. The number of nitrogens with two attached hydrogens (primary N) is 1. The van der Waals surface area contributed by atoms with E-state index in [1.54, 1.807) is 0 Å². The lowest BCUT2D eigenvalue weighted by molar-refractivity contribution is 0.204. The Hall–Kier alpha value is -0.370. The van der Waals surface area contributed by atoms with E-state index in [9.17, 15) is 0 Å². The third-order valence-electron chi connectivity index (χ3n) is 2.94. The Labute approximate surface area is 104 Å². The normalized spacial score (nSPS) is 26.9. The first-order chi connectivity index (χ1) is 7.70. The van der Waals surface area contributed by atoms with Crippen molar-refractivity contribution in [3.63, 3.8) is 0 Å². The van der Waals surface area contributed by atoms with Crippen molar-refractivity contribution in [1.29, 1.82) is 0 Å². The molecule has 2 heterocycles. The number of nitrogens with one attached hydrogen (secondary N) is 1. The van der Waals surface area contributed by atoms with Gasteiger partial charge in [0.25, 0.3) is 0 Å². The molecule has 0 radical (unpaired) electrons. The first kappa shape index (κ1) is 12.1. The standard InChI is InChI=1S/C9H17N5S2/c1-6-7(2)15-4-3-14(6)5-8-12-13-9(11-10)16-8/h6-7H,3-5,10H2,1-2H3,(H,11,13). The summed E-state index contributed by atoms with van der Waals surface area (Å²) in [5.74, 6) is 6.49. The Kier molecular flexibility index (Phi) is 4.01. The van der Waals surface area contributed by atoms with Crippen LogP contribution < -0.4 is 11.3 Å². The van der Waals surface area contributed by atoms with Gasteiger partial charge in [0.1, 0.15) is 5.01 Å². The van der Waals surface area contributed by atoms with E-state index in [-0.39, 0.29) is 0 Å². The van der Waals surface area contributed by atoms with E-state index in [2.05, 4.69) is 34.4 Å². The SMILES string of the molecule is CC1SCCN(Cc2nnc(NN)s2)C1C. The minimum Gasteiger partial charge on any atom is -0.298 e. The molecule has 3 N–H and O–H groups in total. The highest BCUT2D eigenvalue weighted by molar-refractivity contribution is 8.00. The van der Waals surface area contributed by atoms with Gasteiger partial charge in [0.15, 0.2) is 0 Å². The van der Waals surface area contributed by atoms with Crippen LogP contribution in [0.15, 0.2) is 0 Å². The second-order valence-corrected chi connectivity index (χ2v) is 6.48. The number of aromatic nitrogens is 2. The zero-order valence-corrected chi connectivity index (χ0v) is 11.1. The lowest BCUT2D eigenvalue weighted by Crippen LogP contribution is -2.43. The number of rotatable bonds is 3. The molecule has 1 aliphatic rings. The van der Waals surface area contributed by atoms with Crippen molar-refractivity contribution in [1.82, 2.24) is 15.1 Å². The van der Waals surface area contributed by atoms with Gasteiger partial charge in [-0.1, -0.05) is 18.3 Å². The van der Waals surface area contributed by atoms with Gasteiger partial charge < -0.3 is 0 Å². The van der Waals surface area contributed by atoms with Gasteiger partial charge in [0.05, 0.1) is 6.54 Å². The van der Waals surface area contributed by atoms with Crippen LogP contribution in [0, 0.1) is 0 Å². The van der Waals surface area contributed by atoms with Crippen LogP contribution in [0.4, 0.5) is 5.13 Å². The highest BCUT2D eigenvalue weighted by Crippen LogP contribution is 2.26. The van der Waals surface area contributed by atoms with Gasteiger partial charge in [-0.3, -0.25) is 10.3 Å². The van der Waals surface area contributed by atoms with Crippen molar-refractivity contribution in [2.75, 3.05) is 17.7 Å². The average molecular weight is 259 g/mol. The molecule has 0 bridgehead atoms. The number of nitrogens with zero attached hydrogens (tertiary/aromatic N) is 3. The number of anilines is 1. The van der Waals surface area contributed by atoms with Crippen LogP contribution >= 0.6 is 23.1 Å². The Morgan fingerprint density at radius 3 is 3.00 bits per heavy atom. The molecule has 16 heavy (non-hydrogen) atoms. The minimum absolute atomic E-state index is 0.594. The van der Waals surface area contributed by atoms with Crippen LogP contribution in [-0.4, -0.2) is 38.7 Å². The molecule has 1 aromatic heterocycles. The van der Waals surface area contributed by atoms with Crippen LogP contribution in [0.1, 0.15) is 18.9 Å². The van der Waals surface area contributed by atoms with Crippen LogP contribution in [0.5, 0.6) is 0 Å². The van der Waals surface area contributed by atoms with Gasteiger partial charge in [-0.25, -0.2) is 5.84 Å². The molecule has 0 aliphatic carbocycles. The summed E-state index contributed by atoms with van der Waals surface area (Å²) in [6.07, 6.45) is 0. The third-order valence-corrected chi connectivity index (χ3v) is 5.12. The number of hydrogen-bond acceptors (Lipinski definition) is 7. The highest BCUT2D eigenvalue weighted by Gasteiger charge is 2.25. The molecule has 0 saturated carbocycles. The second kappa shape index (κ2) is 5.31. The Morgan fingerprint density at radius 2 is 2.31 bits per heavy atom. The summed E-state index contributed by atoms with van der Waals surface area (Å²) in [6.45, 7) is 6.57. The van der Waals surface area contributed by atoms with Crippen molar-refractivity contribution >= 4 is 28.2 Å². The van der Waals surface area contributed by atoms with Crippen LogP contribution in [0.25, 0.3) is 0 Å². The van der Waals surface area contributed by atoms with Crippen LogP contribution in [0.2, 0.25) is 0 Å². The summed E-state index contributed by atoms with van der Waals surface area (Å²) in [5.41, 5.74) is 2.53. The smallest absolute Gasteiger partial charge is 0.219 e. The van der Waals surface area contributed by atoms with Crippen LogP contribution in [0.3, 0.4) is 0 Å². The monoisotopic (exact) mass is 259 g/mol. The van der Waals surface area contributed by atoms with Gasteiger partial charge in [0.2, 0.25) is 5.13 Å². The molecule has 2 rings (SSSR count). The fourth-order valence-corrected chi connectivity index (χ4v) is 3.61. The van der Waals surface area contributed by atoms with Crippen LogP contribution in [-0.2, 0) is 6.54 Å². The molecule has 7 heteroatoms. The first-order valence-corrected chi connectivity index (χ1v) is 7.22. The predicted octanol–water partition coefficient (Wildman–Crippen LogP) is 1.15. The predicted molar refractivity (Wildman–Crippen MR) is 69.5 cm³/mol. The number of thioether (sulfide) groups is 1. The zero-order chi connectivity index (χ0) is 11.5. The van der Waals surface area contributed by atoms with Crippen molar-refractivity contribution in [3.8, 4) is 0 Å². The van der Waals surface area contributed by atoms with Crippen molar-refractivity contribution in [2.24, 2.45) is 5.84 Å². The summed E-state index contributed by atoms with van der Waals surface area (Å²) in [4.78, 5) is 2.46. The molecule has 0 spiro atoms. The fourth-order valence-electron chi connectivity index (χ4n) is 1.77. The second-order valence-electron chi connectivity index (χ2n) is 3.93. The van der Waals surface area contributed by atoms with E-state index < -0.39 is 0 Å². The summed E-state index contributed by atoms with van der Waals surface area (Å²) < 4.78 is 0. The Morgan fingerprint density at radius 1 is 1.50 bits per heavy atom. The third kappa shape index (κ3) is 2.65. The zero-order valence-electron chi connectivity index (χ0n) is 9.51. The Balaban J connectivity index is 1.97. The maximum absolute atomic E-state index is 5.29. The molecule has 1 fully saturated rings. The minimum atomic E-state index is 0.594. The maximum Gasteiger partial charge on any atom is 0.219 e. The molecular weight excluding hydrogens is 242 g/mol. The quantitative estimate of drug-likeness (QED) is 0.627. The van der Waals surface area contributed by atoms with Gasteiger partial charge >= 0.3 is 0 Å². The van der Waals surface area contributed by atoms with E-state index in [1.165, 1.54) is 17.1 Å². The molecule has 90 valence electrons. The van der Waals surface area contributed by atoms with Gasteiger partial charge in [-0.05, 0) is 6.92 Å². The first-order valence-electron chi connectivity index (χ1n) is 5.35. The highest BCUT2D eigenvalue weighted by atomic mass is 32.2. The van der Waals surface area contributed by atoms with E-state index in [4.69, 9.17) is 5.84 Å². The topological polar surface area (TPSA) is 67.1 Å². The molecule has 0 aromatic carbocycles. The molecule has 0 amide bonds. The molecule has 5 nitrogen and oxygen atoms in total. The average Bonchev–Trinajstić information content (AvgIpc) is 2.73. The Bertz CT molecular complexity index is 342. The number of nitrogen functional groups attached to an aromatic ring is 1. The van der Waals surface area contributed by atoms with Crippen molar-refractivity contribution < 1.29 is 0 Å². The summed E-state index contributed by atoms with van der Waals surface area (Å²) in [6, 6.07) is 0.594. The molecule has 1 aromatic rings. The number of hydrogen-bond donors (Lipinski definition) is 2. The van der Waals surface area contributed by atoms with Gasteiger partial charge in [-0.15, -0.1) is 10.2 Å². The lowest BCUT2D eigenvalue weighted by Gasteiger charge is -2.36. The fraction of sp³-hybridized carbons (Fsp3) is 0.778. The molecule has 1 aliphatic heterocycles. The van der Waals surface area contributed by atoms with Crippen molar-refractivity contribution in [3.05, 3.63) is 5.01 Å². The van der Waals surface area contributed by atoms with E-state index in [1.807, 2.05) is 11.8 Å². The van der Waals surface area contributed by atoms with E-state index >= 15 is 0 Å². The molecule has 2 unspecified atom stereocenters. The largest absolute Gasteiger partial charge is 0.298 e. The summed E-state index contributed by atoms with van der Waals surface area (Å²) >= 11 is 3.57. The van der Waals surface area contributed by atoms with Gasteiger partial charge in [-0.2, -0.15) is 11.8 Å². The summed E-state index contributed by atoms with van der Waals surface area (Å²) in [7, 11) is 0. The van der Waals surface area contributed by atoms with Crippen molar-refractivity contribution in [2.45, 2.75) is 31.7 Å². The van der Waals surface area contributed by atoms with Gasteiger partial charge in [0, 0.05) is 23.6 Å². The molecule has 2 atom stereocenters. The lowest BCUT2D eigenvalue weighted by atomic mass is 10.2. The van der Waals surface area contributed by atoms with E-state index in [0.29, 0.717) is 16.4 Å². The van der Waals surface area contributed by atoms with E-state index in [0.717, 1.165) is 18.1 Å². The molecule has 1 saturated heterocycles.